The number of aromatic nitrogens is 2. The van der Waals surface area contributed by atoms with E-state index in [0.29, 0.717) is 28.9 Å². The molecule has 2 N–H and O–H groups in total. The number of nitrogens with one attached hydrogen (secondary N) is 2. The van der Waals surface area contributed by atoms with Crippen molar-refractivity contribution in [2.75, 3.05) is 23.8 Å². The van der Waals surface area contributed by atoms with Crippen LogP contribution in [-0.4, -0.2) is 35.3 Å². The monoisotopic (exact) mass is 298 g/mol. The maximum atomic E-state index is 6.17. The van der Waals surface area contributed by atoms with Gasteiger partial charge in [0.1, 0.15) is 5.02 Å². The molecule has 6 heteroatoms. The fourth-order valence-electron chi connectivity index (χ4n) is 2.49. The first-order valence-corrected chi connectivity index (χ1v) is 7.51. The molecule has 1 aromatic rings. The summed E-state index contributed by atoms with van der Waals surface area (Å²) in [7, 11) is 0. The molecule has 0 bridgehead atoms. The third kappa shape index (κ3) is 2.99. The van der Waals surface area contributed by atoms with Crippen molar-refractivity contribution in [2.45, 2.75) is 46.3 Å². The highest BCUT2D eigenvalue weighted by Gasteiger charge is 2.49. The maximum Gasteiger partial charge on any atom is 0.224 e. The molecule has 5 nitrogen and oxygen atoms in total. The van der Waals surface area contributed by atoms with Crippen LogP contribution in [0.5, 0.6) is 0 Å². The minimum atomic E-state index is 0.0721. The lowest BCUT2D eigenvalue weighted by Crippen LogP contribution is -2.58. The van der Waals surface area contributed by atoms with Gasteiger partial charge in [-0.15, -0.1) is 0 Å². The number of rotatable bonds is 6. The van der Waals surface area contributed by atoms with Crippen molar-refractivity contribution < 1.29 is 4.74 Å². The van der Waals surface area contributed by atoms with Crippen molar-refractivity contribution in [3.8, 4) is 0 Å². The van der Waals surface area contributed by atoms with E-state index >= 15 is 0 Å². The van der Waals surface area contributed by atoms with Gasteiger partial charge in [-0.25, -0.2) is 4.98 Å². The molecule has 2 unspecified atom stereocenters. The zero-order chi connectivity index (χ0) is 14.8. The summed E-state index contributed by atoms with van der Waals surface area (Å²) >= 11 is 6.17. The minimum absolute atomic E-state index is 0.0721. The van der Waals surface area contributed by atoms with Crippen LogP contribution in [0.3, 0.4) is 0 Å². The van der Waals surface area contributed by atoms with Crippen LogP contribution in [0, 0.1) is 5.41 Å². The molecule has 1 fully saturated rings. The quantitative estimate of drug-likeness (QED) is 0.845. The van der Waals surface area contributed by atoms with E-state index in [4.69, 9.17) is 16.3 Å². The first-order chi connectivity index (χ1) is 9.48. The third-order valence-corrected chi connectivity index (χ3v) is 4.21. The van der Waals surface area contributed by atoms with Crippen LogP contribution in [0.4, 0.5) is 11.8 Å². The van der Waals surface area contributed by atoms with E-state index < -0.39 is 0 Å². The summed E-state index contributed by atoms with van der Waals surface area (Å²) in [5.74, 6) is 1.28. The molecule has 20 heavy (non-hydrogen) atoms. The topological polar surface area (TPSA) is 59.1 Å². The van der Waals surface area contributed by atoms with Crippen LogP contribution in [0.1, 0.15) is 34.1 Å². The fourth-order valence-corrected chi connectivity index (χ4v) is 2.64. The lowest BCUT2D eigenvalue weighted by molar-refractivity contribution is -0.0976. The van der Waals surface area contributed by atoms with Crippen LogP contribution in [0.2, 0.25) is 5.02 Å². The summed E-state index contributed by atoms with van der Waals surface area (Å²) in [5.41, 5.74) is 0.0721. The highest BCUT2D eigenvalue weighted by atomic mass is 35.5. The van der Waals surface area contributed by atoms with Crippen molar-refractivity contribution in [1.29, 1.82) is 0 Å². The van der Waals surface area contributed by atoms with Gasteiger partial charge in [0.05, 0.1) is 12.3 Å². The van der Waals surface area contributed by atoms with Gasteiger partial charge in [-0.3, -0.25) is 0 Å². The molecule has 1 saturated carbocycles. The molecule has 1 aliphatic rings. The Bertz CT molecular complexity index is 466. The van der Waals surface area contributed by atoms with Gasteiger partial charge in [0.15, 0.2) is 5.82 Å². The van der Waals surface area contributed by atoms with Gasteiger partial charge in [-0.1, -0.05) is 25.4 Å². The van der Waals surface area contributed by atoms with Gasteiger partial charge in [-0.05, 0) is 20.3 Å². The first kappa shape index (κ1) is 15.3. The Morgan fingerprint density at radius 2 is 2.20 bits per heavy atom. The average Bonchev–Trinajstić information content (AvgIpc) is 2.41. The van der Waals surface area contributed by atoms with Gasteiger partial charge in [-0.2, -0.15) is 4.98 Å². The summed E-state index contributed by atoms with van der Waals surface area (Å²) in [6.45, 7) is 9.97. The molecule has 2 rings (SSSR count). The Kier molecular flexibility index (Phi) is 4.70. The molecular formula is C14H23ClN4O. The molecule has 0 saturated heterocycles. The van der Waals surface area contributed by atoms with Crippen LogP contribution < -0.4 is 10.6 Å². The second-order valence-corrected chi connectivity index (χ2v) is 6.03. The maximum absolute atomic E-state index is 6.17. The third-order valence-electron chi connectivity index (χ3n) is 3.94. The Balaban J connectivity index is 2.06. The predicted octanol–water partition coefficient (Wildman–Crippen LogP) is 3.18. The van der Waals surface area contributed by atoms with Crippen LogP contribution in [0.15, 0.2) is 6.20 Å². The molecule has 1 aromatic heterocycles. The summed E-state index contributed by atoms with van der Waals surface area (Å²) in [5, 5.41) is 7.05. The van der Waals surface area contributed by atoms with Gasteiger partial charge < -0.3 is 15.4 Å². The normalized spacial score (nSPS) is 24.1. The molecule has 0 aromatic carbocycles. The molecular weight excluding hydrogens is 276 g/mol. The van der Waals surface area contributed by atoms with Gasteiger partial charge in [0, 0.05) is 24.6 Å². The number of ether oxygens (including phenoxy) is 1. The summed E-state index contributed by atoms with van der Waals surface area (Å²) in [4.78, 5) is 8.56. The van der Waals surface area contributed by atoms with E-state index in [1.807, 2.05) is 13.8 Å². The number of hydrogen-bond acceptors (Lipinski definition) is 5. The molecule has 112 valence electrons. The first-order valence-electron chi connectivity index (χ1n) is 7.13. The van der Waals surface area contributed by atoms with Crippen LogP contribution in [0.25, 0.3) is 0 Å². The molecule has 0 spiro atoms. The number of anilines is 2. The van der Waals surface area contributed by atoms with Crippen LogP contribution in [-0.2, 0) is 4.74 Å². The van der Waals surface area contributed by atoms with E-state index in [0.717, 1.165) is 19.6 Å². The molecule has 2 atom stereocenters. The van der Waals surface area contributed by atoms with E-state index in [2.05, 4.69) is 34.4 Å². The number of halogens is 1. The molecule has 0 amide bonds. The lowest BCUT2D eigenvalue weighted by atomic mass is 9.64. The molecule has 0 aliphatic heterocycles. The SMILES string of the molecule is CCNc1ncc(Cl)c(NC2CC(OCC)C2(C)C)n1. The second kappa shape index (κ2) is 6.14. The summed E-state index contributed by atoms with van der Waals surface area (Å²) in [6, 6.07) is 0.306. The molecule has 1 heterocycles. The van der Waals surface area contributed by atoms with Gasteiger partial charge in [0.25, 0.3) is 0 Å². The highest BCUT2D eigenvalue weighted by Crippen LogP contribution is 2.44. The van der Waals surface area contributed by atoms with Gasteiger partial charge >= 0.3 is 0 Å². The Morgan fingerprint density at radius 1 is 1.45 bits per heavy atom. The number of nitrogens with zero attached hydrogens (tertiary/aromatic N) is 2. The zero-order valence-electron chi connectivity index (χ0n) is 12.5. The van der Waals surface area contributed by atoms with Crippen molar-refractivity contribution in [3.05, 3.63) is 11.2 Å². The van der Waals surface area contributed by atoms with Crippen molar-refractivity contribution in [1.82, 2.24) is 9.97 Å². The Morgan fingerprint density at radius 3 is 2.80 bits per heavy atom. The molecule has 0 radical (unpaired) electrons. The minimum Gasteiger partial charge on any atom is -0.378 e. The van der Waals surface area contributed by atoms with Crippen molar-refractivity contribution in [3.63, 3.8) is 0 Å². The lowest BCUT2D eigenvalue weighted by Gasteiger charge is -2.51. The predicted molar refractivity (Wildman–Crippen MR) is 82.4 cm³/mol. The highest BCUT2D eigenvalue weighted by molar-refractivity contribution is 6.32. The average molecular weight is 299 g/mol. The standard InChI is InChI=1S/C14H23ClN4O/c1-5-16-13-17-8-9(15)12(19-13)18-10-7-11(20-6-2)14(10,3)4/h8,10-11H,5-7H2,1-4H3,(H2,16,17,18,19). The number of hydrogen-bond donors (Lipinski definition) is 2. The largest absolute Gasteiger partial charge is 0.378 e. The second-order valence-electron chi connectivity index (χ2n) is 5.62. The summed E-state index contributed by atoms with van der Waals surface area (Å²) < 4.78 is 5.74. The van der Waals surface area contributed by atoms with E-state index in [1.165, 1.54) is 0 Å². The summed E-state index contributed by atoms with van der Waals surface area (Å²) in [6.07, 6.45) is 2.89. The zero-order valence-corrected chi connectivity index (χ0v) is 13.3. The van der Waals surface area contributed by atoms with E-state index in [1.54, 1.807) is 6.20 Å². The van der Waals surface area contributed by atoms with Crippen molar-refractivity contribution >= 4 is 23.4 Å². The van der Waals surface area contributed by atoms with Gasteiger partial charge in [0.2, 0.25) is 5.95 Å². The van der Waals surface area contributed by atoms with Crippen molar-refractivity contribution in [2.24, 2.45) is 5.41 Å². The smallest absolute Gasteiger partial charge is 0.224 e. The molecule has 1 aliphatic carbocycles. The Hall–Kier alpha value is -1.07. The van der Waals surface area contributed by atoms with Crippen LogP contribution >= 0.6 is 11.6 Å². The van der Waals surface area contributed by atoms with E-state index in [-0.39, 0.29) is 5.41 Å². The van der Waals surface area contributed by atoms with E-state index in [9.17, 15) is 0 Å². The fraction of sp³-hybridized carbons (Fsp3) is 0.714. The Labute approximate surface area is 125 Å².